The van der Waals surface area contributed by atoms with Crippen LogP contribution in [0.4, 0.5) is 5.69 Å². The molecule has 0 aliphatic rings. The minimum absolute atomic E-state index is 0.0870. The molecule has 0 aromatic heterocycles. The van der Waals surface area contributed by atoms with Crippen LogP contribution in [-0.4, -0.2) is 16.9 Å². The number of hydrogen-bond acceptors (Lipinski definition) is 3. The second-order valence-electron chi connectivity index (χ2n) is 3.25. The molecule has 0 radical (unpaired) electrons. The van der Waals surface area contributed by atoms with Gasteiger partial charge in [0.1, 0.15) is 10.6 Å². The van der Waals surface area contributed by atoms with E-state index in [1.807, 2.05) is 0 Å². The highest BCUT2D eigenvalue weighted by Crippen LogP contribution is 2.27. The Balaban J connectivity index is 3.15. The number of carbonyl (C=O) groups is 1. The fourth-order valence-corrected chi connectivity index (χ4v) is 1.44. The van der Waals surface area contributed by atoms with Crippen LogP contribution in [0.1, 0.15) is 17.3 Å². The topological polar surface area (TPSA) is 72.2 Å². The van der Waals surface area contributed by atoms with Crippen LogP contribution in [0.5, 0.6) is 0 Å². The van der Waals surface area contributed by atoms with Crippen molar-refractivity contribution in [1.82, 2.24) is 5.32 Å². The Morgan fingerprint density at radius 3 is 2.82 bits per heavy atom. The first kappa shape index (κ1) is 13.0. The standard InChI is InChI=1S/C11H9ClN2O3/c1-3-7(2)13-11(15)8-5-4-6-9(12)10(8)14(16)17/h1,4-7H,2H3,(H,13,15). The number of terminal acetylenes is 1. The number of nitro groups is 1. The highest BCUT2D eigenvalue weighted by molar-refractivity contribution is 6.33. The minimum Gasteiger partial charge on any atom is -0.338 e. The van der Waals surface area contributed by atoms with Crippen molar-refractivity contribution in [3.8, 4) is 12.3 Å². The summed E-state index contributed by atoms with van der Waals surface area (Å²) >= 11 is 5.68. The van der Waals surface area contributed by atoms with Gasteiger partial charge in [0, 0.05) is 0 Å². The van der Waals surface area contributed by atoms with E-state index in [0.29, 0.717) is 0 Å². The lowest BCUT2D eigenvalue weighted by atomic mass is 10.1. The third kappa shape index (κ3) is 2.95. The number of carbonyl (C=O) groups excluding carboxylic acids is 1. The van der Waals surface area contributed by atoms with Gasteiger partial charge in [-0.3, -0.25) is 14.9 Å². The molecule has 0 heterocycles. The van der Waals surface area contributed by atoms with Crippen molar-refractivity contribution in [2.75, 3.05) is 0 Å². The van der Waals surface area contributed by atoms with E-state index in [0.717, 1.165) is 0 Å². The molecule has 0 saturated heterocycles. The maximum absolute atomic E-state index is 11.7. The largest absolute Gasteiger partial charge is 0.338 e. The van der Waals surface area contributed by atoms with Gasteiger partial charge < -0.3 is 5.32 Å². The molecule has 0 bridgehead atoms. The van der Waals surface area contributed by atoms with Crippen LogP contribution in [-0.2, 0) is 0 Å². The lowest BCUT2D eigenvalue weighted by Crippen LogP contribution is -2.31. The molecule has 1 atom stereocenters. The Hall–Kier alpha value is -2.06. The summed E-state index contributed by atoms with van der Waals surface area (Å²) in [7, 11) is 0. The summed E-state index contributed by atoms with van der Waals surface area (Å²) in [6, 6.07) is 3.62. The van der Waals surface area contributed by atoms with E-state index in [1.54, 1.807) is 6.92 Å². The normalized spacial score (nSPS) is 11.4. The third-order valence-electron chi connectivity index (χ3n) is 2.01. The molecule has 0 saturated carbocycles. The number of halogens is 1. The average molecular weight is 253 g/mol. The lowest BCUT2D eigenvalue weighted by Gasteiger charge is -2.08. The summed E-state index contributed by atoms with van der Waals surface area (Å²) in [6.07, 6.45) is 5.10. The molecule has 88 valence electrons. The van der Waals surface area contributed by atoms with Crippen LogP contribution < -0.4 is 5.32 Å². The van der Waals surface area contributed by atoms with E-state index < -0.39 is 22.6 Å². The second-order valence-corrected chi connectivity index (χ2v) is 3.66. The maximum atomic E-state index is 11.7. The van der Waals surface area contributed by atoms with Crippen molar-refractivity contribution < 1.29 is 9.72 Å². The molecular weight excluding hydrogens is 244 g/mol. The van der Waals surface area contributed by atoms with Gasteiger partial charge in [-0.25, -0.2) is 0 Å². The van der Waals surface area contributed by atoms with Crippen molar-refractivity contribution in [3.05, 3.63) is 38.9 Å². The van der Waals surface area contributed by atoms with E-state index in [4.69, 9.17) is 18.0 Å². The SMILES string of the molecule is C#CC(C)NC(=O)c1cccc(Cl)c1[N+](=O)[O-]. The fraction of sp³-hybridized carbons (Fsp3) is 0.182. The highest BCUT2D eigenvalue weighted by Gasteiger charge is 2.23. The number of benzene rings is 1. The molecule has 1 amide bonds. The average Bonchev–Trinajstić information content (AvgIpc) is 2.27. The van der Waals surface area contributed by atoms with Crippen molar-refractivity contribution in [3.63, 3.8) is 0 Å². The highest BCUT2D eigenvalue weighted by atomic mass is 35.5. The monoisotopic (exact) mass is 252 g/mol. The number of hydrogen-bond donors (Lipinski definition) is 1. The van der Waals surface area contributed by atoms with Crippen LogP contribution in [0.15, 0.2) is 18.2 Å². The Bertz CT molecular complexity index is 508. The Kier molecular flexibility index (Phi) is 4.07. The first-order valence-electron chi connectivity index (χ1n) is 4.67. The van der Waals surface area contributed by atoms with Gasteiger partial charge in [-0.1, -0.05) is 23.6 Å². The molecule has 17 heavy (non-hydrogen) atoms. The van der Waals surface area contributed by atoms with E-state index in [1.165, 1.54) is 18.2 Å². The Morgan fingerprint density at radius 2 is 2.29 bits per heavy atom. The molecule has 6 heteroatoms. The van der Waals surface area contributed by atoms with Crippen molar-refractivity contribution in [2.45, 2.75) is 13.0 Å². The van der Waals surface area contributed by atoms with E-state index in [2.05, 4.69) is 11.2 Å². The van der Waals surface area contributed by atoms with Crippen molar-refractivity contribution >= 4 is 23.2 Å². The molecule has 0 aliphatic carbocycles. The minimum atomic E-state index is -0.697. The van der Waals surface area contributed by atoms with Crippen LogP contribution in [0.2, 0.25) is 5.02 Å². The predicted molar refractivity (Wildman–Crippen MR) is 63.9 cm³/mol. The summed E-state index contributed by atoms with van der Waals surface area (Å²) < 4.78 is 0. The van der Waals surface area contributed by atoms with Crippen LogP contribution in [0, 0.1) is 22.5 Å². The molecule has 1 N–H and O–H groups in total. The molecule has 0 spiro atoms. The lowest BCUT2D eigenvalue weighted by molar-refractivity contribution is -0.385. The Morgan fingerprint density at radius 1 is 1.65 bits per heavy atom. The first-order chi connectivity index (χ1) is 7.97. The van der Waals surface area contributed by atoms with Gasteiger partial charge in [-0.15, -0.1) is 6.42 Å². The van der Waals surface area contributed by atoms with E-state index in [-0.39, 0.29) is 10.6 Å². The summed E-state index contributed by atoms with van der Waals surface area (Å²) in [5.74, 6) is 1.67. The van der Waals surface area contributed by atoms with Crippen molar-refractivity contribution in [2.24, 2.45) is 0 Å². The van der Waals surface area contributed by atoms with Crippen molar-refractivity contribution in [1.29, 1.82) is 0 Å². The molecule has 1 aromatic rings. The van der Waals surface area contributed by atoms with Gasteiger partial charge in [0.2, 0.25) is 0 Å². The number of nitrogens with zero attached hydrogens (tertiary/aromatic N) is 1. The van der Waals surface area contributed by atoms with Gasteiger partial charge in [0.25, 0.3) is 5.91 Å². The molecule has 1 rings (SSSR count). The third-order valence-corrected chi connectivity index (χ3v) is 2.32. The predicted octanol–water partition coefficient (Wildman–Crippen LogP) is 2.00. The number of para-hydroxylation sites is 1. The summed E-state index contributed by atoms with van der Waals surface area (Å²) in [5, 5.41) is 13.1. The number of rotatable bonds is 3. The zero-order valence-corrected chi connectivity index (χ0v) is 9.69. The van der Waals surface area contributed by atoms with E-state index >= 15 is 0 Å². The molecule has 0 fully saturated rings. The van der Waals surface area contributed by atoms with Gasteiger partial charge >= 0.3 is 5.69 Å². The van der Waals surface area contributed by atoms with Gasteiger partial charge in [0.15, 0.2) is 0 Å². The van der Waals surface area contributed by atoms with Gasteiger partial charge in [-0.05, 0) is 19.1 Å². The summed E-state index contributed by atoms with van der Waals surface area (Å²) in [5.41, 5.74) is -0.527. The molecular formula is C11H9ClN2O3. The zero-order chi connectivity index (χ0) is 13.0. The summed E-state index contributed by atoms with van der Waals surface area (Å²) in [6.45, 7) is 1.59. The van der Waals surface area contributed by atoms with Crippen LogP contribution in [0.25, 0.3) is 0 Å². The fourth-order valence-electron chi connectivity index (χ4n) is 1.20. The second kappa shape index (κ2) is 5.32. The first-order valence-corrected chi connectivity index (χ1v) is 5.05. The van der Waals surface area contributed by atoms with Crippen LogP contribution in [0.3, 0.4) is 0 Å². The maximum Gasteiger partial charge on any atom is 0.300 e. The molecule has 1 unspecified atom stereocenters. The molecule has 0 aliphatic heterocycles. The molecule has 1 aromatic carbocycles. The van der Waals surface area contributed by atoms with E-state index in [9.17, 15) is 14.9 Å². The van der Waals surface area contributed by atoms with Gasteiger partial charge in [0.05, 0.1) is 11.0 Å². The number of nitrogens with one attached hydrogen (secondary N) is 1. The smallest absolute Gasteiger partial charge is 0.300 e. The number of amides is 1. The van der Waals surface area contributed by atoms with Crippen LogP contribution >= 0.6 is 11.6 Å². The number of nitro benzene ring substituents is 1. The quantitative estimate of drug-likeness (QED) is 0.508. The van der Waals surface area contributed by atoms with Gasteiger partial charge in [-0.2, -0.15) is 0 Å². The zero-order valence-electron chi connectivity index (χ0n) is 8.94. The Labute approximate surface area is 103 Å². The molecule has 5 nitrogen and oxygen atoms in total. The summed E-state index contributed by atoms with van der Waals surface area (Å²) in [4.78, 5) is 21.8.